The van der Waals surface area contributed by atoms with Crippen molar-refractivity contribution in [1.29, 1.82) is 0 Å². The van der Waals surface area contributed by atoms with E-state index < -0.39 is 0 Å². The molecule has 0 bridgehead atoms. The summed E-state index contributed by atoms with van der Waals surface area (Å²) in [6.45, 7) is -0.150. The standard InChI is InChI=1S/C64H39BN2O/c1-3-20-40(21-4-1)58-47-29-11-7-24-42(47)44-26-9-13-31-49(44)62(58)66-53-34-17-16-33-52(53)65-60-54(66)35-19-36-55(60)67(56-39-38-51-46-28-15-18-37-57(46)68-64(51)61(56)65)63-50-32-14-10-27-45(50)43-25-8-12-30-48(43)59(63)41-22-5-2-6-23-41/h1-39H. The van der Waals surface area contributed by atoms with Crippen LogP contribution in [-0.4, -0.2) is 6.71 Å². The van der Waals surface area contributed by atoms with E-state index in [2.05, 4.69) is 246 Å². The van der Waals surface area contributed by atoms with Gasteiger partial charge in [-0.3, -0.25) is 0 Å². The normalized spacial score (nSPS) is 12.9. The monoisotopic (exact) mass is 862 g/mol. The van der Waals surface area contributed by atoms with Gasteiger partial charge in [-0.2, -0.15) is 0 Å². The van der Waals surface area contributed by atoms with E-state index in [-0.39, 0.29) is 6.71 Å². The number of furan rings is 1. The smallest absolute Gasteiger partial charge is 0.257 e. The van der Waals surface area contributed by atoms with Crippen molar-refractivity contribution >= 4 is 122 Å². The molecule has 314 valence electrons. The fourth-order valence-corrected chi connectivity index (χ4v) is 12.1. The lowest BCUT2D eigenvalue weighted by molar-refractivity contribution is 0.671. The van der Waals surface area contributed by atoms with E-state index in [1.54, 1.807) is 0 Å². The van der Waals surface area contributed by atoms with Crippen LogP contribution in [-0.2, 0) is 0 Å². The van der Waals surface area contributed by atoms with E-state index in [1.165, 1.54) is 87.4 Å². The van der Waals surface area contributed by atoms with Crippen LogP contribution in [0.2, 0.25) is 0 Å². The Hall–Kier alpha value is -8.86. The molecule has 0 saturated heterocycles. The van der Waals surface area contributed by atoms with Gasteiger partial charge in [-0.1, -0.05) is 200 Å². The van der Waals surface area contributed by atoms with Gasteiger partial charge in [-0.05, 0) is 96.2 Å². The first-order chi connectivity index (χ1) is 33.8. The van der Waals surface area contributed by atoms with Gasteiger partial charge in [0.1, 0.15) is 11.2 Å². The Balaban J connectivity index is 1.14. The first-order valence-electron chi connectivity index (χ1n) is 23.6. The molecule has 3 heterocycles. The van der Waals surface area contributed by atoms with Gasteiger partial charge < -0.3 is 14.2 Å². The van der Waals surface area contributed by atoms with E-state index in [0.717, 1.165) is 50.4 Å². The number of benzene rings is 12. The lowest BCUT2D eigenvalue weighted by Gasteiger charge is -2.45. The summed E-state index contributed by atoms with van der Waals surface area (Å²) in [4.78, 5) is 5.19. The third-order valence-corrected chi connectivity index (χ3v) is 14.8. The summed E-state index contributed by atoms with van der Waals surface area (Å²) in [6, 6.07) is 87.1. The minimum atomic E-state index is -0.150. The van der Waals surface area contributed by atoms with Crippen molar-refractivity contribution in [3.63, 3.8) is 0 Å². The van der Waals surface area contributed by atoms with Crippen molar-refractivity contribution < 1.29 is 4.42 Å². The van der Waals surface area contributed by atoms with Crippen molar-refractivity contribution in [1.82, 2.24) is 0 Å². The van der Waals surface area contributed by atoms with Gasteiger partial charge >= 0.3 is 0 Å². The Bertz CT molecular complexity index is 4220. The maximum Gasteiger partial charge on any atom is 0.257 e. The van der Waals surface area contributed by atoms with Crippen molar-refractivity contribution in [2.45, 2.75) is 0 Å². The molecule has 12 aromatic carbocycles. The summed E-state index contributed by atoms with van der Waals surface area (Å²) in [7, 11) is 0. The van der Waals surface area contributed by atoms with Crippen LogP contribution in [0.1, 0.15) is 0 Å². The van der Waals surface area contributed by atoms with Crippen molar-refractivity contribution in [3.05, 3.63) is 237 Å². The predicted octanol–water partition coefficient (Wildman–Crippen LogP) is 15.6. The third kappa shape index (κ3) is 5.09. The molecule has 0 fully saturated rings. The van der Waals surface area contributed by atoms with Crippen LogP contribution < -0.4 is 26.2 Å². The number of hydrogen-bond donors (Lipinski definition) is 0. The molecular weight excluding hydrogens is 824 g/mol. The first-order valence-corrected chi connectivity index (χ1v) is 23.6. The number of hydrogen-bond acceptors (Lipinski definition) is 3. The minimum Gasteiger partial charge on any atom is -0.457 e. The number of anilines is 6. The van der Waals surface area contributed by atoms with E-state index in [4.69, 9.17) is 4.42 Å². The molecule has 4 heteroatoms. The Morgan fingerprint density at radius 1 is 0.279 bits per heavy atom. The highest BCUT2D eigenvalue weighted by Crippen LogP contribution is 2.54. The van der Waals surface area contributed by atoms with Crippen molar-refractivity contribution in [3.8, 4) is 22.3 Å². The fourth-order valence-electron chi connectivity index (χ4n) is 12.1. The Morgan fingerprint density at radius 2 is 0.691 bits per heavy atom. The van der Waals surface area contributed by atoms with E-state index in [1.807, 2.05) is 0 Å². The van der Waals surface area contributed by atoms with Crippen LogP contribution in [0.4, 0.5) is 34.1 Å². The van der Waals surface area contributed by atoms with Crippen LogP contribution in [0.5, 0.6) is 0 Å². The fraction of sp³-hybridized carbons (Fsp3) is 0. The van der Waals surface area contributed by atoms with E-state index in [9.17, 15) is 0 Å². The Kier molecular flexibility index (Phi) is 7.87. The van der Waals surface area contributed by atoms with Gasteiger partial charge in [-0.15, -0.1) is 0 Å². The Labute approximate surface area is 393 Å². The molecule has 0 radical (unpaired) electrons. The average molecular weight is 863 g/mol. The van der Waals surface area contributed by atoms with Gasteiger partial charge in [0, 0.05) is 55.4 Å². The summed E-state index contributed by atoms with van der Waals surface area (Å²) in [5.41, 5.74) is 17.2. The average Bonchev–Trinajstić information content (AvgIpc) is 3.80. The highest BCUT2D eigenvalue weighted by Gasteiger charge is 2.46. The number of fused-ring (bicyclic) bond motifs is 14. The maximum absolute atomic E-state index is 7.19. The van der Waals surface area contributed by atoms with Gasteiger partial charge in [0.05, 0.1) is 11.4 Å². The van der Waals surface area contributed by atoms with Crippen LogP contribution in [0.25, 0.3) is 87.3 Å². The van der Waals surface area contributed by atoms with Gasteiger partial charge in [0.15, 0.2) is 0 Å². The zero-order valence-corrected chi connectivity index (χ0v) is 36.9. The number of rotatable bonds is 4. The highest BCUT2D eigenvalue weighted by molar-refractivity contribution is 7.01. The van der Waals surface area contributed by atoms with Gasteiger partial charge in [-0.25, -0.2) is 0 Å². The second kappa shape index (κ2) is 14.3. The van der Waals surface area contributed by atoms with Crippen molar-refractivity contribution in [2.24, 2.45) is 0 Å². The van der Waals surface area contributed by atoms with E-state index in [0.29, 0.717) is 0 Å². The molecule has 3 nitrogen and oxygen atoms in total. The predicted molar refractivity (Wildman–Crippen MR) is 289 cm³/mol. The third-order valence-electron chi connectivity index (χ3n) is 14.8. The van der Waals surface area contributed by atoms with Crippen LogP contribution >= 0.6 is 0 Å². The first kappa shape index (κ1) is 37.4. The van der Waals surface area contributed by atoms with E-state index >= 15 is 0 Å². The molecule has 2 aliphatic heterocycles. The highest BCUT2D eigenvalue weighted by atomic mass is 16.3. The molecule has 13 aromatic rings. The SMILES string of the molecule is c1ccc(-c2c(N3c4ccccc4B4c5c3cccc5N(c3c(-c5ccccc5)c5ccccc5c5ccccc35)c3ccc5c(oc6ccccc65)c34)c3ccccc3c3ccccc23)cc1. The lowest BCUT2D eigenvalue weighted by Crippen LogP contribution is -2.61. The molecule has 0 saturated carbocycles. The Morgan fingerprint density at radius 3 is 1.26 bits per heavy atom. The summed E-state index contributed by atoms with van der Waals surface area (Å²) in [5, 5.41) is 12.0. The quantitative estimate of drug-likeness (QED) is 0.130. The molecule has 68 heavy (non-hydrogen) atoms. The minimum absolute atomic E-state index is 0.150. The van der Waals surface area contributed by atoms with Crippen molar-refractivity contribution in [2.75, 3.05) is 9.80 Å². The largest absolute Gasteiger partial charge is 0.457 e. The molecule has 1 aromatic heterocycles. The topological polar surface area (TPSA) is 19.6 Å². The second-order valence-corrected chi connectivity index (χ2v) is 18.2. The molecule has 0 aliphatic carbocycles. The summed E-state index contributed by atoms with van der Waals surface area (Å²) < 4.78 is 7.19. The molecule has 0 spiro atoms. The van der Waals surface area contributed by atoms with Gasteiger partial charge in [0.2, 0.25) is 0 Å². The molecular formula is C64H39BN2O. The maximum atomic E-state index is 7.19. The summed E-state index contributed by atoms with van der Waals surface area (Å²) in [5.74, 6) is 0. The molecule has 0 atom stereocenters. The zero-order valence-electron chi connectivity index (χ0n) is 36.9. The lowest BCUT2D eigenvalue weighted by atomic mass is 9.33. The van der Waals surface area contributed by atoms with Gasteiger partial charge in [0.25, 0.3) is 6.71 Å². The zero-order chi connectivity index (χ0) is 44.5. The second-order valence-electron chi connectivity index (χ2n) is 18.2. The molecule has 0 amide bonds. The molecule has 15 rings (SSSR count). The summed E-state index contributed by atoms with van der Waals surface area (Å²) in [6.07, 6.45) is 0. The molecule has 2 aliphatic rings. The van der Waals surface area contributed by atoms with Crippen LogP contribution in [0.15, 0.2) is 241 Å². The van der Waals surface area contributed by atoms with Crippen LogP contribution in [0, 0.1) is 0 Å². The molecule has 0 N–H and O–H groups in total. The summed E-state index contributed by atoms with van der Waals surface area (Å²) >= 11 is 0. The molecule has 0 unspecified atom stereocenters. The number of para-hydroxylation sites is 2. The number of nitrogens with zero attached hydrogens (tertiary/aromatic N) is 2. The van der Waals surface area contributed by atoms with Crippen LogP contribution in [0.3, 0.4) is 0 Å².